The Hall–Kier alpha value is -1.29. The minimum absolute atomic E-state index is 0.0759. The highest BCUT2D eigenvalue weighted by Crippen LogP contribution is 2.13. The van der Waals surface area contributed by atoms with Crippen LogP contribution in [-0.2, 0) is 20.7 Å². The number of hydrogen-bond acceptors (Lipinski definition) is 4. The molecular weight excluding hydrogens is 236 g/mol. The summed E-state index contributed by atoms with van der Waals surface area (Å²) in [5, 5.41) is 0.0759. The van der Waals surface area contributed by atoms with E-state index < -0.39 is 0 Å². The lowest BCUT2D eigenvalue weighted by molar-refractivity contribution is -0.143. The van der Waals surface area contributed by atoms with Crippen molar-refractivity contribution in [2.75, 3.05) is 12.9 Å². The van der Waals surface area contributed by atoms with E-state index in [2.05, 4.69) is 4.74 Å². The van der Waals surface area contributed by atoms with Crippen molar-refractivity contribution in [1.29, 1.82) is 0 Å². The first-order chi connectivity index (χ1) is 8.13. The van der Waals surface area contributed by atoms with E-state index in [0.717, 1.165) is 5.56 Å². The van der Waals surface area contributed by atoms with E-state index >= 15 is 0 Å². The number of carbonyl (C=O) groups excluding carboxylic acids is 2. The van der Waals surface area contributed by atoms with E-state index in [-0.39, 0.29) is 17.0 Å². The number of methoxy groups -OCH3 is 1. The molecule has 0 aromatic heterocycles. The molecule has 4 heteroatoms. The van der Waals surface area contributed by atoms with Crippen molar-refractivity contribution in [1.82, 2.24) is 0 Å². The second-order valence-electron chi connectivity index (χ2n) is 3.77. The molecule has 0 aliphatic heterocycles. The third kappa shape index (κ3) is 5.04. The molecule has 0 radical (unpaired) electrons. The van der Waals surface area contributed by atoms with Crippen LogP contribution >= 0.6 is 11.8 Å². The Balaban J connectivity index is 2.33. The van der Waals surface area contributed by atoms with Gasteiger partial charge in [0.25, 0.3) is 0 Å². The Bertz CT molecular complexity index is 376. The van der Waals surface area contributed by atoms with Gasteiger partial charge in [0.2, 0.25) is 0 Å². The molecule has 1 atom stereocenters. The molecule has 0 fully saturated rings. The third-order valence-corrected chi connectivity index (χ3v) is 3.42. The van der Waals surface area contributed by atoms with E-state index in [9.17, 15) is 9.59 Å². The molecule has 0 saturated heterocycles. The number of thioether (sulfide) groups is 1. The van der Waals surface area contributed by atoms with Crippen LogP contribution in [0.3, 0.4) is 0 Å². The standard InChI is InChI=1S/C13H16O3S/c1-10(13(15)16-2)9-17-12(14)8-11-6-4-3-5-7-11/h3-7,10H,8-9H2,1-2H3. The fourth-order valence-electron chi connectivity index (χ4n) is 1.30. The van der Waals surface area contributed by atoms with E-state index in [1.807, 2.05) is 30.3 Å². The highest BCUT2D eigenvalue weighted by Gasteiger charge is 2.15. The van der Waals surface area contributed by atoms with E-state index in [1.54, 1.807) is 6.92 Å². The van der Waals surface area contributed by atoms with Crippen molar-refractivity contribution in [3.05, 3.63) is 35.9 Å². The predicted molar refractivity (Wildman–Crippen MR) is 68.8 cm³/mol. The van der Waals surface area contributed by atoms with Crippen LogP contribution in [0, 0.1) is 5.92 Å². The Kier molecular flexibility index (Phi) is 5.77. The third-order valence-electron chi connectivity index (χ3n) is 2.29. The summed E-state index contributed by atoms with van der Waals surface area (Å²) in [5.41, 5.74) is 0.996. The van der Waals surface area contributed by atoms with Gasteiger partial charge in [0.05, 0.1) is 13.0 Å². The van der Waals surface area contributed by atoms with Gasteiger partial charge in [-0.3, -0.25) is 9.59 Å². The smallest absolute Gasteiger partial charge is 0.309 e. The number of ether oxygens (including phenoxy) is 1. The van der Waals surface area contributed by atoms with Gasteiger partial charge in [-0.05, 0) is 5.56 Å². The van der Waals surface area contributed by atoms with Gasteiger partial charge in [-0.2, -0.15) is 0 Å². The molecule has 0 amide bonds. The maximum atomic E-state index is 11.6. The van der Waals surface area contributed by atoms with Crippen LogP contribution in [0.2, 0.25) is 0 Å². The van der Waals surface area contributed by atoms with Crippen LogP contribution in [0.5, 0.6) is 0 Å². The number of carbonyl (C=O) groups is 2. The first kappa shape index (κ1) is 13.8. The number of esters is 1. The lowest BCUT2D eigenvalue weighted by atomic mass is 10.2. The minimum Gasteiger partial charge on any atom is -0.469 e. The highest BCUT2D eigenvalue weighted by molar-refractivity contribution is 8.13. The van der Waals surface area contributed by atoms with Crippen molar-refractivity contribution in [3.63, 3.8) is 0 Å². The molecule has 0 heterocycles. The van der Waals surface area contributed by atoms with Crippen LogP contribution in [0.4, 0.5) is 0 Å². The molecule has 0 N–H and O–H groups in total. The van der Waals surface area contributed by atoms with Gasteiger partial charge in [-0.1, -0.05) is 49.0 Å². The zero-order valence-corrected chi connectivity index (χ0v) is 10.8. The Labute approximate surface area is 106 Å². The quantitative estimate of drug-likeness (QED) is 0.754. The van der Waals surface area contributed by atoms with Crippen molar-refractivity contribution >= 4 is 22.8 Å². The topological polar surface area (TPSA) is 43.4 Å². The SMILES string of the molecule is COC(=O)C(C)CSC(=O)Cc1ccccc1. The highest BCUT2D eigenvalue weighted by atomic mass is 32.2. The summed E-state index contributed by atoms with van der Waals surface area (Å²) in [6.45, 7) is 1.76. The normalized spacial score (nSPS) is 11.9. The van der Waals surface area contributed by atoms with Crippen molar-refractivity contribution in [3.8, 4) is 0 Å². The summed E-state index contributed by atoms with van der Waals surface area (Å²) >= 11 is 1.18. The first-order valence-electron chi connectivity index (χ1n) is 5.41. The number of hydrogen-bond donors (Lipinski definition) is 0. The monoisotopic (exact) mass is 252 g/mol. The largest absolute Gasteiger partial charge is 0.469 e. The Morgan fingerprint density at radius 3 is 2.53 bits per heavy atom. The lowest BCUT2D eigenvalue weighted by Crippen LogP contribution is -2.16. The summed E-state index contributed by atoms with van der Waals surface area (Å²) in [5.74, 6) is -0.0482. The van der Waals surface area contributed by atoms with Gasteiger partial charge in [0.1, 0.15) is 0 Å². The van der Waals surface area contributed by atoms with E-state index in [1.165, 1.54) is 18.9 Å². The van der Waals surface area contributed by atoms with E-state index in [0.29, 0.717) is 12.2 Å². The predicted octanol–water partition coefficient (Wildman–Crippen LogP) is 2.30. The first-order valence-corrected chi connectivity index (χ1v) is 6.39. The number of rotatable bonds is 5. The van der Waals surface area contributed by atoms with Gasteiger partial charge in [0.15, 0.2) is 5.12 Å². The summed E-state index contributed by atoms with van der Waals surface area (Å²) in [6.07, 6.45) is 0.402. The maximum Gasteiger partial charge on any atom is 0.309 e. The van der Waals surface area contributed by atoms with Crippen LogP contribution in [0.1, 0.15) is 12.5 Å². The zero-order valence-electron chi connectivity index (χ0n) is 10.0. The molecule has 1 aromatic rings. The van der Waals surface area contributed by atoms with Crippen LogP contribution in [0.15, 0.2) is 30.3 Å². The Morgan fingerprint density at radius 1 is 1.29 bits per heavy atom. The zero-order chi connectivity index (χ0) is 12.7. The molecular formula is C13H16O3S. The lowest BCUT2D eigenvalue weighted by Gasteiger charge is -2.07. The maximum absolute atomic E-state index is 11.6. The molecule has 17 heavy (non-hydrogen) atoms. The van der Waals surface area contributed by atoms with Gasteiger partial charge in [0, 0.05) is 12.2 Å². The molecule has 1 rings (SSSR count). The average molecular weight is 252 g/mol. The van der Waals surface area contributed by atoms with Gasteiger partial charge in [-0.25, -0.2) is 0 Å². The molecule has 1 unspecified atom stereocenters. The fraction of sp³-hybridized carbons (Fsp3) is 0.385. The molecule has 0 spiro atoms. The summed E-state index contributed by atoms with van der Waals surface area (Å²) < 4.78 is 4.60. The summed E-state index contributed by atoms with van der Waals surface area (Å²) in [7, 11) is 1.36. The average Bonchev–Trinajstić information content (AvgIpc) is 2.36. The fourth-order valence-corrected chi connectivity index (χ4v) is 2.14. The van der Waals surface area contributed by atoms with Crippen molar-refractivity contribution < 1.29 is 14.3 Å². The van der Waals surface area contributed by atoms with Crippen molar-refractivity contribution in [2.24, 2.45) is 5.92 Å². The molecule has 0 saturated carbocycles. The van der Waals surface area contributed by atoms with Crippen LogP contribution < -0.4 is 0 Å². The minimum atomic E-state index is -0.273. The molecule has 1 aromatic carbocycles. The van der Waals surface area contributed by atoms with Crippen molar-refractivity contribution in [2.45, 2.75) is 13.3 Å². The molecule has 0 bridgehead atoms. The van der Waals surface area contributed by atoms with Gasteiger partial charge < -0.3 is 4.74 Å². The van der Waals surface area contributed by atoms with Gasteiger partial charge in [-0.15, -0.1) is 0 Å². The molecule has 92 valence electrons. The molecule has 0 aliphatic carbocycles. The second-order valence-corrected chi connectivity index (χ2v) is 4.85. The molecule has 3 nitrogen and oxygen atoms in total. The number of benzene rings is 1. The summed E-state index contributed by atoms with van der Waals surface area (Å²) in [4.78, 5) is 22.8. The second kappa shape index (κ2) is 7.12. The molecule has 0 aliphatic rings. The summed E-state index contributed by atoms with van der Waals surface area (Å²) in [6, 6.07) is 9.57. The van der Waals surface area contributed by atoms with Crippen LogP contribution in [0.25, 0.3) is 0 Å². The Morgan fingerprint density at radius 2 is 1.94 bits per heavy atom. The van der Waals surface area contributed by atoms with E-state index in [4.69, 9.17) is 0 Å². The van der Waals surface area contributed by atoms with Gasteiger partial charge >= 0.3 is 5.97 Å². The van der Waals surface area contributed by atoms with Crippen LogP contribution in [-0.4, -0.2) is 23.9 Å².